The van der Waals surface area contributed by atoms with Crippen molar-refractivity contribution in [1.29, 1.82) is 0 Å². The van der Waals surface area contributed by atoms with Crippen LogP contribution in [0.2, 0.25) is 0 Å². The summed E-state index contributed by atoms with van der Waals surface area (Å²) in [6.45, 7) is 2.92. The fraction of sp³-hybridized carbons (Fsp3) is 0.500. The number of pyridine rings is 1. The van der Waals surface area contributed by atoms with Gasteiger partial charge in [-0.15, -0.1) is 0 Å². The molecule has 1 fully saturated rings. The molecule has 1 N–H and O–H groups in total. The molecule has 2 aromatic rings. The van der Waals surface area contributed by atoms with Crippen LogP contribution in [0, 0.1) is 5.92 Å². The summed E-state index contributed by atoms with van der Waals surface area (Å²) in [6, 6.07) is 5.77. The maximum atomic E-state index is 12.0. The Hall–Kier alpha value is -2.21. The first-order valence-electron chi connectivity index (χ1n) is 8.53. The van der Waals surface area contributed by atoms with Crippen LogP contribution in [0.25, 0.3) is 0 Å². The quantitative estimate of drug-likeness (QED) is 0.885. The minimum atomic E-state index is -0.134. The van der Waals surface area contributed by atoms with Crippen LogP contribution in [0.3, 0.4) is 0 Å². The second-order valence-electron chi connectivity index (χ2n) is 6.50. The van der Waals surface area contributed by atoms with E-state index in [9.17, 15) is 4.79 Å². The number of carbonyl (C=O) groups excluding carboxylic acids is 1. The molecule has 6 nitrogen and oxygen atoms in total. The first-order chi connectivity index (χ1) is 11.7. The Morgan fingerprint density at radius 2 is 2.33 bits per heavy atom. The minimum absolute atomic E-state index is 0.100. The second-order valence-corrected chi connectivity index (χ2v) is 6.50. The lowest BCUT2D eigenvalue weighted by atomic mass is 9.89. The summed E-state index contributed by atoms with van der Waals surface area (Å²) in [5.74, 6) is 0.558. The Kier molecular flexibility index (Phi) is 5.59. The number of carbonyl (C=O) groups is 1. The molecule has 1 aliphatic rings. The molecule has 1 aliphatic carbocycles. The van der Waals surface area contributed by atoms with Gasteiger partial charge in [-0.05, 0) is 30.9 Å². The Balaban J connectivity index is 1.45. The van der Waals surface area contributed by atoms with Crippen molar-refractivity contribution in [2.75, 3.05) is 11.9 Å². The molecular formula is C18H24N4O2. The van der Waals surface area contributed by atoms with Gasteiger partial charge in [-0.25, -0.2) is 0 Å². The third-order valence-electron chi connectivity index (χ3n) is 4.31. The SMILES string of the molecule is C[C@@H]1CCC[C@H](OCC(=O)Nc2cnn(Cc3ccccn3)c2)C1. The number of nitrogens with one attached hydrogen (secondary N) is 1. The van der Waals surface area contributed by atoms with E-state index in [0.29, 0.717) is 18.2 Å². The van der Waals surface area contributed by atoms with Gasteiger partial charge in [0.25, 0.3) is 0 Å². The average Bonchev–Trinajstić information content (AvgIpc) is 3.01. The zero-order valence-corrected chi connectivity index (χ0v) is 14.0. The van der Waals surface area contributed by atoms with Crippen molar-refractivity contribution in [3.8, 4) is 0 Å². The van der Waals surface area contributed by atoms with Gasteiger partial charge in [0.1, 0.15) is 6.61 Å². The number of amides is 1. The van der Waals surface area contributed by atoms with E-state index in [1.807, 2.05) is 18.2 Å². The third kappa shape index (κ3) is 4.89. The number of rotatable bonds is 6. The zero-order valence-electron chi connectivity index (χ0n) is 14.0. The zero-order chi connectivity index (χ0) is 16.8. The smallest absolute Gasteiger partial charge is 0.250 e. The molecule has 0 radical (unpaired) electrons. The Labute approximate surface area is 142 Å². The van der Waals surface area contributed by atoms with E-state index in [0.717, 1.165) is 18.5 Å². The Morgan fingerprint density at radius 3 is 3.12 bits per heavy atom. The first-order valence-corrected chi connectivity index (χ1v) is 8.53. The predicted molar refractivity (Wildman–Crippen MR) is 91.6 cm³/mol. The van der Waals surface area contributed by atoms with E-state index in [1.54, 1.807) is 23.3 Å². The van der Waals surface area contributed by atoms with Gasteiger partial charge < -0.3 is 10.1 Å². The lowest BCUT2D eigenvalue weighted by Gasteiger charge is -2.26. The fourth-order valence-corrected chi connectivity index (χ4v) is 3.09. The van der Waals surface area contributed by atoms with Crippen molar-refractivity contribution in [1.82, 2.24) is 14.8 Å². The molecule has 0 aromatic carbocycles. The summed E-state index contributed by atoms with van der Waals surface area (Å²) in [6.07, 6.45) is 9.97. The summed E-state index contributed by atoms with van der Waals surface area (Å²) in [4.78, 5) is 16.3. The van der Waals surface area contributed by atoms with Gasteiger partial charge >= 0.3 is 0 Å². The van der Waals surface area contributed by atoms with Crippen molar-refractivity contribution >= 4 is 11.6 Å². The van der Waals surface area contributed by atoms with E-state index in [4.69, 9.17) is 4.74 Å². The van der Waals surface area contributed by atoms with Gasteiger partial charge in [-0.1, -0.05) is 25.8 Å². The summed E-state index contributed by atoms with van der Waals surface area (Å²) >= 11 is 0. The van der Waals surface area contributed by atoms with Gasteiger partial charge in [0.05, 0.1) is 30.2 Å². The number of hydrogen-bond donors (Lipinski definition) is 1. The predicted octanol–water partition coefficient (Wildman–Crippen LogP) is 2.86. The van der Waals surface area contributed by atoms with Crippen molar-refractivity contribution in [3.63, 3.8) is 0 Å². The lowest BCUT2D eigenvalue weighted by Crippen LogP contribution is -2.26. The molecule has 2 heterocycles. The highest BCUT2D eigenvalue weighted by Gasteiger charge is 2.20. The van der Waals surface area contributed by atoms with E-state index >= 15 is 0 Å². The van der Waals surface area contributed by atoms with Gasteiger partial charge in [-0.2, -0.15) is 5.10 Å². The monoisotopic (exact) mass is 328 g/mol. The topological polar surface area (TPSA) is 69.0 Å². The standard InChI is InChI=1S/C18H24N4O2/c1-14-5-4-7-17(9-14)24-13-18(23)21-16-10-20-22(12-16)11-15-6-2-3-8-19-15/h2-3,6,8,10,12,14,17H,4-5,7,9,11,13H2,1H3,(H,21,23)/t14-,17+/m1/s1. The van der Waals surface area contributed by atoms with Crippen molar-refractivity contribution < 1.29 is 9.53 Å². The lowest BCUT2D eigenvalue weighted by molar-refractivity contribution is -0.123. The van der Waals surface area contributed by atoms with Crippen LogP contribution < -0.4 is 5.32 Å². The van der Waals surface area contributed by atoms with Crippen LogP contribution in [0.4, 0.5) is 5.69 Å². The number of aromatic nitrogens is 3. The van der Waals surface area contributed by atoms with Crippen LogP contribution in [0.1, 0.15) is 38.3 Å². The summed E-state index contributed by atoms with van der Waals surface area (Å²) in [5, 5.41) is 7.08. The Bertz CT molecular complexity index is 656. The molecule has 0 aliphatic heterocycles. The van der Waals surface area contributed by atoms with Gasteiger partial charge in [-0.3, -0.25) is 14.5 Å². The number of anilines is 1. The molecule has 1 saturated carbocycles. The molecule has 3 rings (SSSR count). The van der Waals surface area contributed by atoms with E-state index in [1.165, 1.54) is 12.8 Å². The van der Waals surface area contributed by atoms with Crippen molar-refractivity contribution in [3.05, 3.63) is 42.5 Å². The molecule has 0 unspecified atom stereocenters. The molecular weight excluding hydrogens is 304 g/mol. The van der Waals surface area contributed by atoms with E-state index < -0.39 is 0 Å². The number of hydrogen-bond acceptors (Lipinski definition) is 4. The third-order valence-corrected chi connectivity index (χ3v) is 4.31. The van der Waals surface area contributed by atoms with Crippen molar-refractivity contribution in [2.45, 2.75) is 45.3 Å². The van der Waals surface area contributed by atoms with Gasteiger partial charge in [0.2, 0.25) is 5.91 Å². The van der Waals surface area contributed by atoms with E-state index in [2.05, 4.69) is 22.3 Å². The van der Waals surface area contributed by atoms with Crippen molar-refractivity contribution in [2.24, 2.45) is 5.92 Å². The normalized spacial score (nSPS) is 20.7. The highest BCUT2D eigenvalue weighted by Crippen LogP contribution is 2.25. The Morgan fingerprint density at radius 1 is 1.42 bits per heavy atom. The highest BCUT2D eigenvalue weighted by molar-refractivity contribution is 5.91. The molecule has 0 bridgehead atoms. The van der Waals surface area contributed by atoms with Crippen LogP contribution in [-0.4, -0.2) is 33.4 Å². The second kappa shape index (κ2) is 8.06. The van der Waals surface area contributed by atoms with E-state index in [-0.39, 0.29) is 18.6 Å². The minimum Gasteiger partial charge on any atom is -0.368 e. The van der Waals surface area contributed by atoms with Gasteiger partial charge in [0, 0.05) is 12.4 Å². The fourth-order valence-electron chi connectivity index (χ4n) is 3.09. The van der Waals surface area contributed by atoms with Gasteiger partial charge in [0.15, 0.2) is 0 Å². The summed E-state index contributed by atoms with van der Waals surface area (Å²) < 4.78 is 7.49. The van der Waals surface area contributed by atoms with Crippen LogP contribution in [0.5, 0.6) is 0 Å². The summed E-state index contributed by atoms with van der Waals surface area (Å²) in [7, 11) is 0. The molecule has 24 heavy (non-hydrogen) atoms. The molecule has 2 aromatic heterocycles. The number of nitrogens with zero attached hydrogens (tertiary/aromatic N) is 3. The van der Waals surface area contributed by atoms with Crippen LogP contribution in [0.15, 0.2) is 36.8 Å². The molecule has 0 spiro atoms. The molecule has 128 valence electrons. The van der Waals surface area contributed by atoms with Crippen LogP contribution in [-0.2, 0) is 16.1 Å². The summed E-state index contributed by atoms with van der Waals surface area (Å²) in [5.41, 5.74) is 1.60. The largest absolute Gasteiger partial charge is 0.368 e. The van der Waals surface area contributed by atoms with Crippen LogP contribution >= 0.6 is 0 Å². The molecule has 1 amide bonds. The maximum absolute atomic E-state index is 12.0. The maximum Gasteiger partial charge on any atom is 0.250 e. The highest BCUT2D eigenvalue weighted by atomic mass is 16.5. The molecule has 6 heteroatoms. The first kappa shape index (κ1) is 16.6. The average molecular weight is 328 g/mol. The number of ether oxygens (including phenoxy) is 1. The molecule has 2 atom stereocenters. The molecule has 0 saturated heterocycles.